The van der Waals surface area contributed by atoms with Gasteiger partial charge >= 0.3 is 6.72 Å². The van der Waals surface area contributed by atoms with Crippen LogP contribution in [0.4, 0.5) is 0 Å². The molecule has 0 aliphatic carbocycles. The predicted molar refractivity (Wildman–Crippen MR) is 71.6 cm³/mol. The van der Waals surface area contributed by atoms with Crippen molar-refractivity contribution in [1.29, 1.82) is 0 Å². The minimum Gasteiger partial charge on any atom is -0.289 e. The van der Waals surface area contributed by atoms with Crippen LogP contribution in [-0.2, 0) is 10.9 Å². The Morgan fingerprint density at radius 2 is 1.69 bits per heavy atom. The van der Waals surface area contributed by atoms with Crippen LogP contribution in [0.25, 0.3) is 0 Å². The molecular formula is C10H16O3PS2+. The Bertz CT molecular complexity index is 457. The SMILES string of the molecule is CSc1c(C)cc(C)c(C)c1[S+]=P(O)(O)O. The molecule has 0 aliphatic rings. The van der Waals surface area contributed by atoms with Crippen molar-refractivity contribution < 1.29 is 14.7 Å². The normalized spacial score (nSPS) is 11.7. The quantitative estimate of drug-likeness (QED) is 0.442. The van der Waals surface area contributed by atoms with Crippen LogP contribution in [0, 0.1) is 20.8 Å². The molecule has 0 aromatic heterocycles. The Kier molecular flexibility index (Phi) is 4.57. The van der Waals surface area contributed by atoms with Crippen LogP contribution in [0.2, 0.25) is 0 Å². The van der Waals surface area contributed by atoms with Gasteiger partial charge in [0.05, 0.1) is 4.90 Å². The second-order valence-electron chi connectivity index (χ2n) is 3.60. The highest BCUT2D eigenvalue weighted by molar-refractivity contribution is 8.16. The summed E-state index contributed by atoms with van der Waals surface area (Å²) < 4.78 is 0. The number of rotatable bonds is 2. The second-order valence-corrected chi connectivity index (χ2v) is 8.05. The van der Waals surface area contributed by atoms with Crippen LogP contribution in [0.5, 0.6) is 0 Å². The van der Waals surface area contributed by atoms with Crippen molar-refractivity contribution >= 4 is 29.4 Å². The predicted octanol–water partition coefficient (Wildman–Crippen LogP) is 2.43. The van der Waals surface area contributed by atoms with E-state index in [9.17, 15) is 14.7 Å². The van der Waals surface area contributed by atoms with Gasteiger partial charge in [0.1, 0.15) is 0 Å². The summed E-state index contributed by atoms with van der Waals surface area (Å²) >= 11 is 1.55. The maximum absolute atomic E-state index is 9.17. The second kappa shape index (κ2) is 5.17. The van der Waals surface area contributed by atoms with Crippen molar-refractivity contribution in [1.82, 2.24) is 0 Å². The van der Waals surface area contributed by atoms with Crippen molar-refractivity contribution in [2.24, 2.45) is 0 Å². The third-order valence-electron chi connectivity index (χ3n) is 2.35. The highest BCUT2D eigenvalue weighted by Crippen LogP contribution is 2.39. The van der Waals surface area contributed by atoms with Gasteiger partial charge in [0.25, 0.3) is 15.8 Å². The lowest BCUT2D eigenvalue weighted by atomic mass is 10.1. The number of aryl methyl sites for hydroxylation is 2. The minimum atomic E-state index is -3.84. The first-order chi connectivity index (χ1) is 7.26. The zero-order valence-electron chi connectivity index (χ0n) is 9.68. The Hall–Kier alpha value is 0.1000. The lowest BCUT2D eigenvalue weighted by Crippen LogP contribution is -1.95. The zero-order valence-corrected chi connectivity index (χ0v) is 12.2. The first kappa shape index (κ1) is 14.2. The molecule has 3 nitrogen and oxygen atoms in total. The van der Waals surface area contributed by atoms with E-state index >= 15 is 0 Å². The van der Waals surface area contributed by atoms with Gasteiger partial charge in [-0.3, -0.25) is 14.7 Å². The number of hydrogen-bond acceptors (Lipinski definition) is 1. The van der Waals surface area contributed by atoms with E-state index in [2.05, 4.69) is 6.07 Å². The molecule has 0 aliphatic heterocycles. The van der Waals surface area contributed by atoms with Gasteiger partial charge in [0, 0.05) is 5.56 Å². The highest BCUT2D eigenvalue weighted by atomic mass is 32.5. The van der Waals surface area contributed by atoms with E-state index in [1.54, 1.807) is 11.8 Å². The summed E-state index contributed by atoms with van der Waals surface area (Å²) in [6, 6.07) is 2.07. The van der Waals surface area contributed by atoms with Gasteiger partial charge in [-0.2, -0.15) is 0 Å². The van der Waals surface area contributed by atoms with Crippen LogP contribution in [0.3, 0.4) is 0 Å². The van der Waals surface area contributed by atoms with Gasteiger partial charge in [0.2, 0.25) is 0 Å². The molecule has 0 fully saturated rings. The van der Waals surface area contributed by atoms with Gasteiger partial charge in [-0.05, 0) is 38.2 Å². The molecule has 0 bridgehead atoms. The fraction of sp³-hybridized carbons (Fsp3) is 0.400. The molecule has 6 heteroatoms. The molecule has 1 aromatic carbocycles. The van der Waals surface area contributed by atoms with Crippen molar-refractivity contribution in [2.75, 3.05) is 6.26 Å². The summed E-state index contributed by atoms with van der Waals surface area (Å²) in [7, 11) is 0.764. The van der Waals surface area contributed by atoms with Gasteiger partial charge in [-0.1, -0.05) is 6.07 Å². The average Bonchev–Trinajstić information content (AvgIpc) is 2.12. The first-order valence-electron chi connectivity index (χ1n) is 4.68. The molecule has 3 N–H and O–H groups in total. The molecule has 0 saturated heterocycles. The van der Waals surface area contributed by atoms with E-state index in [4.69, 9.17) is 0 Å². The maximum atomic E-state index is 9.17. The van der Waals surface area contributed by atoms with E-state index < -0.39 is 6.72 Å². The minimum absolute atomic E-state index is 0.764. The Morgan fingerprint density at radius 3 is 2.12 bits per heavy atom. The topological polar surface area (TPSA) is 60.7 Å². The van der Waals surface area contributed by atoms with E-state index in [1.807, 2.05) is 27.0 Å². The molecule has 1 aromatic rings. The molecule has 0 unspecified atom stereocenters. The van der Waals surface area contributed by atoms with Crippen LogP contribution >= 0.6 is 18.5 Å². The van der Waals surface area contributed by atoms with Crippen molar-refractivity contribution in [3.63, 3.8) is 0 Å². The molecule has 90 valence electrons. The van der Waals surface area contributed by atoms with Gasteiger partial charge in [-0.25, -0.2) is 0 Å². The van der Waals surface area contributed by atoms with Crippen molar-refractivity contribution in [3.05, 3.63) is 22.8 Å². The Labute approximate surface area is 104 Å². The summed E-state index contributed by atoms with van der Waals surface area (Å²) in [5.74, 6) is 0. The largest absolute Gasteiger partial charge is 0.521 e. The lowest BCUT2D eigenvalue weighted by molar-refractivity contribution is 0.363. The number of hydrogen-bond donors (Lipinski definition) is 3. The third-order valence-corrected chi connectivity index (χ3v) is 5.63. The maximum Gasteiger partial charge on any atom is 0.521 e. The highest BCUT2D eigenvalue weighted by Gasteiger charge is 2.27. The summed E-state index contributed by atoms with van der Waals surface area (Å²) in [6.07, 6.45) is 1.94. The van der Waals surface area contributed by atoms with Gasteiger partial charge in [-0.15, -0.1) is 11.8 Å². The van der Waals surface area contributed by atoms with Crippen LogP contribution in [0.1, 0.15) is 16.7 Å². The van der Waals surface area contributed by atoms with E-state index in [-0.39, 0.29) is 0 Å². The fourth-order valence-corrected chi connectivity index (χ4v) is 5.00. The molecule has 0 atom stereocenters. The molecule has 0 saturated carbocycles. The molecular weight excluding hydrogens is 263 g/mol. The van der Waals surface area contributed by atoms with E-state index in [1.165, 1.54) is 0 Å². The van der Waals surface area contributed by atoms with Crippen LogP contribution in [-0.4, -0.2) is 20.9 Å². The van der Waals surface area contributed by atoms with Crippen molar-refractivity contribution in [3.8, 4) is 0 Å². The third kappa shape index (κ3) is 3.29. The number of thioether (sulfide) groups is 1. The molecule has 0 heterocycles. The summed E-state index contributed by atoms with van der Waals surface area (Å²) in [6.45, 7) is 2.04. The Balaban J connectivity index is 3.58. The monoisotopic (exact) mass is 279 g/mol. The zero-order chi connectivity index (χ0) is 12.5. The van der Waals surface area contributed by atoms with Crippen molar-refractivity contribution in [2.45, 2.75) is 30.6 Å². The van der Waals surface area contributed by atoms with Gasteiger partial charge < -0.3 is 0 Å². The standard InChI is InChI=1S/C10H16O3PS2/c1-6-5-7(2)9(15-4)10(8(6)3)16-14(11,12)13/h5,11-13H,1-4H3/q+1. The summed E-state index contributed by atoms with van der Waals surface area (Å²) in [5, 5.41) is 0. The summed E-state index contributed by atoms with van der Waals surface area (Å²) in [4.78, 5) is 29.3. The molecule has 0 spiro atoms. The van der Waals surface area contributed by atoms with Gasteiger partial charge in [0.15, 0.2) is 0 Å². The fourth-order valence-electron chi connectivity index (χ4n) is 1.51. The smallest absolute Gasteiger partial charge is 0.289 e. The molecule has 0 amide bonds. The summed E-state index contributed by atoms with van der Waals surface area (Å²) in [5.41, 5.74) is 3.17. The van der Waals surface area contributed by atoms with E-state index in [0.29, 0.717) is 0 Å². The molecule has 1 rings (SSSR count). The number of benzene rings is 1. The van der Waals surface area contributed by atoms with Crippen LogP contribution in [0.15, 0.2) is 15.9 Å². The molecule has 0 radical (unpaired) electrons. The molecule has 16 heavy (non-hydrogen) atoms. The average molecular weight is 279 g/mol. The first-order valence-corrected chi connectivity index (χ1v) is 8.97. The van der Waals surface area contributed by atoms with E-state index in [0.717, 1.165) is 37.4 Å². The van der Waals surface area contributed by atoms with Crippen LogP contribution < -0.4 is 0 Å². The lowest BCUT2D eigenvalue weighted by Gasteiger charge is -2.07. The Morgan fingerprint density at radius 1 is 1.12 bits per heavy atom.